The maximum Gasteiger partial charge on any atom is 0.371 e. The lowest BCUT2D eigenvalue weighted by molar-refractivity contribution is 0.0663. The number of carboxylic acids is 1. The van der Waals surface area contributed by atoms with E-state index in [1.54, 1.807) is 24.5 Å². The second-order valence-corrected chi connectivity index (χ2v) is 4.04. The SMILES string of the molecule is CC(C)Oc1cncc(-c2ccc(C(=O)O)o2)c1. The van der Waals surface area contributed by atoms with Crippen LogP contribution in [0.3, 0.4) is 0 Å². The summed E-state index contributed by atoms with van der Waals surface area (Å²) in [6.45, 7) is 3.84. The fourth-order valence-corrected chi connectivity index (χ4v) is 1.50. The lowest BCUT2D eigenvalue weighted by atomic mass is 10.2. The molecule has 0 unspecified atom stereocenters. The number of carbonyl (C=O) groups is 1. The molecule has 5 nitrogen and oxygen atoms in total. The number of carboxylic acid groups (broad SMARTS) is 1. The number of ether oxygens (including phenoxy) is 1. The molecule has 0 saturated heterocycles. The monoisotopic (exact) mass is 247 g/mol. The van der Waals surface area contributed by atoms with Crippen LogP contribution in [-0.2, 0) is 0 Å². The first-order valence-corrected chi connectivity index (χ1v) is 5.51. The predicted octanol–water partition coefficient (Wildman–Crippen LogP) is 2.83. The highest BCUT2D eigenvalue weighted by molar-refractivity contribution is 5.85. The van der Waals surface area contributed by atoms with Gasteiger partial charge in [0.2, 0.25) is 5.76 Å². The summed E-state index contributed by atoms with van der Waals surface area (Å²) in [5, 5.41) is 8.78. The van der Waals surface area contributed by atoms with Crippen LogP contribution in [0.25, 0.3) is 11.3 Å². The Morgan fingerprint density at radius 1 is 1.39 bits per heavy atom. The molecule has 0 aliphatic heterocycles. The van der Waals surface area contributed by atoms with E-state index in [4.69, 9.17) is 14.3 Å². The van der Waals surface area contributed by atoms with Crippen LogP contribution in [0, 0.1) is 0 Å². The number of rotatable bonds is 4. The first kappa shape index (κ1) is 12.2. The van der Waals surface area contributed by atoms with Gasteiger partial charge in [0, 0.05) is 11.8 Å². The van der Waals surface area contributed by atoms with E-state index in [1.807, 2.05) is 13.8 Å². The topological polar surface area (TPSA) is 72.6 Å². The maximum absolute atomic E-state index is 10.7. The van der Waals surface area contributed by atoms with Gasteiger partial charge in [-0.25, -0.2) is 4.79 Å². The van der Waals surface area contributed by atoms with E-state index in [-0.39, 0.29) is 11.9 Å². The van der Waals surface area contributed by atoms with E-state index in [0.29, 0.717) is 17.1 Å². The Balaban J connectivity index is 2.29. The molecule has 0 aliphatic rings. The van der Waals surface area contributed by atoms with Crippen molar-refractivity contribution in [1.82, 2.24) is 4.98 Å². The first-order valence-electron chi connectivity index (χ1n) is 5.51. The lowest BCUT2D eigenvalue weighted by Gasteiger charge is -2.09. The number of aromatic carboxylic acids is 1. The summed E-state index contributed by atoms with van der Waals surface area (Å²) < 4.78 is 10.7. The average molecular weight is 247 g/mol. The zero-order valence-corrected chi connectivity index (χ0v) is 10.1. The van der Waals surface area contributed by atoms with Crippen LogP contribution in [0.2, 0.25) is 0 Å². The molecule has 0 saturated carbocycles. The minimum Gasteiger partial charge on any atom is -0.489 e. The van der Waals surface area contributed by atoms with E-state index >= 15 is 0 Å². The second-order valence-electron chi connectivity index (χ2n) is 4.04. The molecule has 2 heterocycles. The molecule has 94 valence electrons. The summed E-state index contributed by atoms with van der Waals surface area (Å²) in [4.78, 5) is 14.8. The summed E-state index contributed by atoms with van der Waals surface area (Å²) in [5.74, 6) is -0.117. The smallest absolute Gasteiger partial charge is 0.371 e. The third-order valence-corrected chi connectivity index (χ3v) is 2.19. The molecule has 18 heavy (non-hydrogen) atoms. The van der Waals surface area contributed by atoms with Gasteiger partial charge in [-0.1, -0.05) is 0 Å². The van der Waals surface area contributed by atoms with Crippen molar-refractivity contribution in [3.63, 3.8) is 0 Å². The van der Waals surface area contributed by atoms with Crippen LogP contribution in [0.4, 0.5) is 0 Å². The Labute approximate surface area is 104 Å². The van der Waals surface area contributed by atoms with Crippen molar-refractivity contribution < 1.29 is 19.1 Å². The van der Waals surface area contributed by atoms with Gasteiger partial charge in [0.1, 0.15) is 11.5 Å². The molecule has 0 aliphatic carbocycles. The highest BCUT2D eigenvalue weighted by Crippen LogP contribution is 2.25. The number of nitrogens with zero attached hydrogens (tertiary/aromatic N) is 1. The Hall–Kier alpha value is -2.30. The van der Waals surface area contributed by atoms with Crippen molar-refractivity contribution in [3.05, 3.63) is 36.4 Å². The molecule has 2 aromatic heterocycles. The quantitative estimate of drug-likeness (QED) is 0.899. The zero-order chi connectivity index (χ0) is 13.1. The van der Waals surface area contributed by atoms with Gasteiger partial charge in [-0.05, 0) is 32.0 Å². The fraction of sp³-hybridized carbons (Fsp3) is 0.231. The molecule has 0 amide bonds. The van der Waals surface area contributed by atoms with Gasteiger partial charge >= 0.3 is 5.97 Å². The second kappa shape index (κ2) is 4.91. The van der Waals surface area contributed by atoms with Crippen molar-refractivity contribution in [2.24, 2.45) is 0 Å². The van der Waals surface area contributed by atoms with Crippen LogP contribution in [0.15, 0.2) is 35.0 Å². The Kier molecular flexibility index (Phi) is 3.32. The minimum atomic E-state index is -1.09. The lowest BCUT2D eigenvalue weighted by Crippen LogP contribution is -2.05. The molecule has 0 aromatic carbocycles. The van der Waals surface area contributed by atoms with Crippen molar-refractivity contribution >= 4 is 5.97 Å². The predicted molar refractivity (Wildman–Crippen MR) is 64.7 cm³/mol. The summed E-state index contributed by atoms with van der Waals surface area (Å²) in [5.41, 5.74) is 0.681. The average Bonchev–Trinajstić information content (AvgIpc) is 2.77. The van der Waals surface area contributed by atoms with Crippen molar-refractivity contribution in [2.75, 3.05) is 0 Å². The third-order valence-electron chi connectivity index (χ3n) is 2.19. The van der Waals surface area contributed by atoms with Crippen LogP contribution < -0.4 is 4.74 Å². The van der Waals surface area contributed by atoms with E-state index < -0.39 is 5.97 Å². The van der Waals surface area contributed by atoms with Crippen LogP contribution in [-0.4, -0.2) is 22.2 Å². The van der Waals surface area contributed by atoms with Gasteiger partial charge in [0.25, 0.3) is 0 Å². The molecule has 0 fully saturated rings. The molecule has 2 aromatic rings. The van der Waals surface area contributed by atoms with E-state index in [0.717, 1.165) is 0 Å². The van der Waals surface area contributed by atoms with Crippen LogP contribution >= 0.6 is 0 Å². The largest absolute Gasteiger partial charge is 0.489 e. The molecular weight excluding hydrogens is 234 g/mol. The van der Waals surface area contributed by atoms with Gasteiger partial charge in [-0.2, -0.15) is 0 Å². The van der Waals surface area contributed by atoms with Gasteiger partial charge in [-0.3, -0.25) is 4.98 Å². The van der Waals surface area contributed by atoms with Gasteiger partial charge in [0.15, 0.2) is 0 Å². The van der Waals surface area contributed by atoms with Gasteiger partial charge < -0.3 is 14.3 Å². The normalized spacial score (nSPS) is 10.6. The number of furan rings is 1. The number of aromatic nitrogens is 1. The van der Waals surface area contributed by atoms with Crippen LogP contribution in [0.1, 0.15) is 24.4 Å². The molecule has 2 rings (SSSR count). The standard InChI is InChI=1S/C13H13NO4/c1-8(2)17-10-5-9(6-14-7-10)11-3-4-12(18-11)13(15)16/h3-8H,1-2H3,(H,15,16). The van der Waals surface area contributed by atoms with E-state index in [9.17, 15) is 4.79 Å². The first-order chi connectivity index (χ1) is 8.56. The molecule has 0 spiro atoms. The number of pyridine rings is 1. The van der Waals surface area contributed by atoms with Gasteiger partial charge in [-0.15, -0.1) is 0 Å². The highest BCUT2D eigenvalue weighted by atomic mass is 16.5. The summed E-state index contributed by atoms with van der Waals surface area (Å²) in [6, 6.07) is 4.77. The number of hydrogen-bond donors (Lipinski definition) is 1. The van der Waals surface area contributed by atoms with E-state index in [2.05, 4.69) is 4.98 Å². The van der Waals surface area contributed by atoms with E-state index in [1.165, 1.54) is 6.07 Å². The van der Waals surface area contributed by atoms with Crippen LogP contribution in [0.5, 0.6) is 5.75 Å². The Bertz CT molecular complexity index is 560. The Morgan fingerprint density at radius 3 is 2.78 bits per heavy atom. The molecule has 0 atom stereocenters. The summed E-state index contributed by atoms with van der Waals surface area (Å²) >= 11 is 0. The fourth-order valence-electron chi connectivity index (χ4n) is 1.50. The zero-order valence-electron chi connectivity index (χ0n) is 10.1. The van der Waals surface area contributed by atoms with Crippen molar-refractivity contribution in [1.29, 1.82) is 0 Å². The Morgan fingerprint density at radius 2 is 2.17 bits per heavy atom. The molecule has 0 radical (unpaired) electrons. The third kappa shape index (κ3) is 2.68. The summed E-state index contributed by atoms with van der Waals surface area (Å²) in [7, 11) is 0. The summed E-state index contributed by atoms with van der Waals surface area (Å²) in [6.07, 6.45) is 3.25. The van der Waals surface area contributed by atoms with Crippen molar-refractivity contribution in [2.45, 2.75) is 20.0 Å². The maximum atomic E-state index is 10.7. The number of hydrogen-bond acceptors (Lipinski definition) is 4. The minimum absolute atomic E-state index is 0.0493. The van der Waals surface area contributed by atoms with Gasteiger partial charge in [0.05, 0.1) is 12.3 Å². The van der Waals surface area contributed by atoms with Crippen molar-refractivity contribution in [3.8, 4) is 17.1 Å². The molecule has 5 heteroatoms. The molecule has 0 bridgehead atoms. The molecular formula is C13H13NO4. The highest BCUT2D eigenvalue weighted by Gasteiger charge is 2.11. The molecule has 1 N–H and O–H groups in total.